The molecule has 152 valence electrons. The molecule has 0 N–H and O–H groups in total. The third kappa shape index (κ3) is 3.24. The molecule has 0 unspecified atom stereocenters. The van der Waals surface area contributed by atoms with E-state index < -0.39 is 4.92 Å². The van der Waals surface area contributed by atoms with Gasteiger partial charge < -0.3 is 0 Å². The quantitative estimate of drug-likeness (QED) is 0.329. The fourth-order valence-electron chi connectivity index (χ4n) is 3.62. The number of hydrogen-bond acceptors (Lipinski definition) is 5. The second kappa shape index (κ2) is 7.17. The van der Waals surface area contributed by atoms with Crippen molar-refractivity contribution in [1.29, 1.82) is 0 Å². The fourth-order valence-corrected chi connectivity index (χ4v) is 3.62. The van der Waals surface area contributed by atoms with Gasteiger partial charge in [-0.3, -0.25) is 14.7 Å². The highest BCUT2D eigenvalue weighted by Gasteiger charge is 2.16. The summed E-state index contributed by atoms with van der Waals surface area (Å²) in [6.07, 6.45) is 0. The lowest BCUT2D eigenvalue weighted by molar-refractivity contribution is -0.384. The summed E-state index contributed by atoms with van der Waals surface area (Å²) in [5, 5.41) is 16.2. The fraction of sp³-hybridized carbons (Fsp3) is 0.0870. The number of aromatic nitrogens is 4. The second-order valence-corrected chi connectivity index (χ2v) is 7.35. The zero-order chi connectivity index (χ0) is 21.5. The molecule has 5 aromatic rings. The van der Waals surface area contributed by atoms with Gasteiger partial charge in [-0.15, -0.1) is 5.10 Å². The van der Waals surface area contributed by atoms with Crippen LogP contribution in [0.25, 0.3) is 27.9 Å². The maximum atomic E-state index is 13.3. The lowest BCUT2D eigenvalue weighted by Gasteiger charge is -2.11. The zero-order valence-electron chi connectivity index (χ0n) is 16.6. The van der Waals surface area contributed by atoms with Crippen LogP contribution < -0.4 is 5.69 Å². The summed E-state index contributed by atoms with van der Waals surface area (Å²) >= 11 is 0. The van der Waals surface area contributed by atoms with Crippen molar-refractivity contribution < 1.29 is 4.92 Å². The first-order valence-corrected chi connectivity index (χ1v) is 9.70. The molecule has 0 spiro atoms. The van der Waals surface area contributed by atoms with E-state index >= 15 is 0 Å². The van der Waals surface area contributed by atoms with Gasteiger partial charge in [-0.1, -0.05) is 54.1 Å². The summed E-state index contributed by atoms with van der Waals surface area (Å²) in [4.78, 5) is 28.5. The van der Waals surface area contributed by atoms with Gasteiger partial charge in [0.05, 0.1) is 17.0 Å². The number of fused-ring (bicyclic) bond motifs is 3. The van der Waals surface area contributed by atoms with E-state index in [1.54, 1.807) is 16.7 Å². The molecule has 8 heteroatoms. The molecular formula is C23H17N5O3. The maximum absolute atomic E-state index is 13.3. The molecule has 2 aromatic heterocycles. The van der Waals surface area contributed by atoms with E-state index in [9.17, 15) is 14.9 Å². The first kappa shape index (κ1) is 18.7. The monoisotopic (exact) mass is 411 g/mol. The average Bonchev–Trinajstić information content (AvgIpc) is 3.23. The Labute approximate surface area is 176 Å². The molecule has 0 atom stereocenters. The largest absolute Gasteiger partial charge is 0.351 e. The minimum atomic E-state index is -0.445. The summed E-state index contributed by atoms with van der Waals surface area (Å²) < 4.78 is 2.93. The van der Waals surface area contributed by atoms with Crippen molar-refractivity contribution in [3.63, 3.8) is 0 Å². The van der Waals surface area contributed by atoms with Gasteiger partial charge in [-0.2, -0.15) is 4.52 Å². The van der Waals surface area contributed by atoms with Gasteiger partial charge in [0.2, 0.25) is 0 Å². The minimum Gasteiger partial charge on any atom is -0.287 e. The number of nitro benzene ring substituents is 1. The standard InChI is InChI=1S/C23H17N5O3/c1-15-6-10-17(11-7-15)21-24-22-19-4-2-3-5-20(19)26(23(29)27(22)25-21)14-16-8-12-18(13-9-16)28(30)31/h2-13H,14H2,1H3. The van der Waals surface area contributed by atoms with Crippen molar-refractivity contribution in [2.75, 3.05) is 0 Å². The topological polar surface area (TPSA) is 95.3 Å². The summed E-state index contributed by atoms with van der Waals surface area (Å²) in [6.45, 7) is 2.26. The molecule has 31 heavy (non-hydrogen) atoms. The number of hydrogen-bond donors (Lipinski definition) is 0. The van der Waals surface area contributed by atoms with E-state index in [0.29, 0.717) is 11.5 Å². The SMILES string of the molecule is Cc1ccc(-c2nc3c4ccccc4n(Cc4ccc([N+](=O)[O-])cc4)c(=O)n3n2)cc1. The molecule has 0 aliphatic rings. The van der Waals surface area contributed by atoms with E-state index in [2.05, 4.69) is 10.1 Å². The Hall–Kier alpha value is -4.33. The van der Waals surface area contributed by atoms with Gasteiger partial charge >= 0.3 is 5.69 Å². The Morgan fingerprint density at radius 1 is 0.968 bits per heavy atom. The molecule has 0 radical (unpaired) electrons. The lowest BCUT2D eigenvalue weighted by atomic mass is 10.1. The Morgan fingerprint density at radius 2 is 1.68 bits per heavy atom. The second-order valence-electron chi connectivity index (χ2n) is 7.35. The van der Waals surface area contributed by atoms with E-state index in [4.69, 9.17) is 0 Å². The summed E-state index contributed by atoms with van der Waals surface area (Å²) in [5.74, 6) is 0.482. The number of nitrogens with zero attached hydrogens (tertiary/aromatic N) is 5. The first-order valence-electron chi connectivity index (χ1n) is 9.70. The molecule has 0 fully saturated rings. The Morgan fingerprint density at radius 3 is 2.39 bits per heavy atom. The van der Waals surface area contributed by atoms with Gasteiger partial charge in [-0.05, 0) is 24.6 Å². The Kier molecular flexibility index (Phi) is 4.32. The summed E-state index contributed by atoms with van der Waals surface area (Å²) in [6, 6.07) is 21.5. The van der Waals surface area contributed by atoms with Gasteiger partial charge in [0.15, 0.2) is 11.5 Å². The van der Waals surface area contributed by atoms with Crippen LogP contribution in [0.15, 0.2) is 77.6 Å². The lowest BCUT2D eigenvalue weighted by Crippen LogP contribution is -2.28. The normalized spacial score (nSPS) is 11.3. The highest BCUT2D eigenvalue weighted by atomic mass is 16.6. The minimum absolute atomic E-state index is 0.00965. The van der Waals surface area contributed by atoms with Crippen LogP contribution in [0.5, 0.6) is 0 Å². The van der Waals surface area contributed by atoms with Crippen LogP contribution in [0.4, 0.5) is 5.69 Å². The van der Waals surface area contributed by atoms with Crippen LogP contribution in [-0.2, 0) is 6.54 Å². The van der Waals surface area contributed by atoms with Crippen molar-refractivity contribution in [2.24, 2.45) is 0 Å². The van der Waals surface area contributed by atoms with Crippen LogP contribution in [0.1, 0.15) is 11.1 Å². The summed E-state index contributed by atoms with van der Waals surface area (Å²) in [5.41, 5.74) is 3.64. The third-order valence-corrected chi connectivity index (χ3v) is 5.25. The number of para-hydroxylation sites is 1. The predicted molar refractivity (Wildman–Crippen MR) is 117 cm³/mol. The number of aryl methyl sites for hydroxylation is 1. The third-order valence-electron chi connectivity index (χ3n) is 5.25. The van der Waals surface area contributed by atoms with Crippen LogP contribution in [0, 0.1) is 17.0 Å². The van der Waals surface area contributed by atoms with Gasteiger partial charge in [-0.25, -0.2) is 9.78 Å². The van der Waals surface area contributed by atoms with E-state index in [0.717, 1.165) is 27.6 Å². The molecule has 0 bridgehead atoms. The van der Waals surface area contributed by atoms with Crippen LogP contribution >= 0.6 is 0 Å². The molecule has 3 aromatic carbocycles. The first-order chi connectivity index (χ1) is 15.0. The Balaban J connectivity index is 1.69. The molecule has 0 saturated heterocycles. The van der Waals surface area contributed by atoms with Crippen LogP contribution in [0.3, 0.4) is 0 Å². The van der Waals surface area contributed by atoms with Crippen molar-refractivity contribution in [2.45, 2.75) is 13.5 Å². The number of benzene rings is 3. The zero-order valence-corrected chi connectivity index (χ0v) is 16.6. The Bertz CT molecular complexity index is 1500. The highest BCUT2D eigenvalue weighted by Crippen LogP contribution is 2.22. The van der Waals surface area contributed by atoms with Crippen molar-refractivity contribution >= 4 is 22.2 Å². The molecular weight excluding hydrogens is 394 g/mol. The van der Waals surface area contributed by atoms with Gasteiger partial charge in [0, 0.05) is 23.1 Å². The number of rotatable bonds is 4. The average molecular weight is 411 g/mol. The smallest absolute Gasteiger partial charge is 0.287 e. The van der Waals surface area contributed by atoms with Gasteiger partial charge in [0.25, 0.3) is 5.69 Å². The molecule has 0 saturated carbocycles. The number of non-ortho nitro benzene ring substituents is 1. The van der Waals surface area contributed by atoms with E-state index in [-0.39, 0.29) is 17.9 Å². The van der Waals surface area contributed by atoms with Crippen LogP contribution in [0.2, 0.25) is 0 Å². The molecule has 2 heterocycles. The van der Waals surface area contributed by atoms with Crippen molar-refractivity contribution in [3.8, 4) is 11.4 Å². The molecule has 0 aliphatic heterocycles. The van der Waals surface area contributed by atoms with Crippen molar-refractivity contribution in [1.82, 2.24) is 19.2 Å². The summed E-state index contributed by atoms with van der Waals surface area (Å²) in [7, 11) is 0. The van der Waals surface area contributed by atoms with E-state index in [1.807, 2.05) is 55.5 Å². The van der Waals surface area contributed by atoms with Crippen molar-refractivity contribution in [3.05, 3.63) is 105 Å². The highest BCUT2D eigenvalue weighted by molar-refractivity contribution is 5.92. The predicted octanol–water partition coefficient (Wildman–Crippen LogP) is 3.98. The molecule has 0 aliphatic carbocycles. The molecule has 0 amide bonds. The van der Waals surface area contributed by atoms with Crippen LogP contribution in [-0.4, -0.2) is 24.1 Å². The van der Waals surface area contributed by atoms with Gasteiger partial charge in [0.1, 0.15) is 0 Å². The van der Waals surface area contributed by atoms with E-state index in [1.165, 1.54) is 16.6 Å². The molecule has 8 nitrogen and oxygen atoms in total. The number of nitro groups is 1. The molecule has 5 rings (SSSR count). The maximum Gasteiger partial charge on any atom is 0.351 e.